The summed E-state index contributed by atoms with van der Waals surface area (Å²) in [5.41, 5.74) is 9.17. The number of pyridine rings is 2. The second-order valence-corrected chi connectivity index (χ2v) is 16.0. The smallest absolute Gasteiger partial charge is 0.475 e. The van der Waals surface area contributed by atoms with Crippen molar-refractivity contribution in [1.82, 2.24) is 20.6 Å². The molecule has 14 heteroatoms. The van der Waals surface area contributed by atoms with Gasteiger partial charge in [-0.1, -0.05) is 71.7 Å². The summed E-state index contributed by atoms with van der Waals surface area (Å²) in [4.78, 5) is 20.3. The molecule has 0 bridgehead atoms. The van der Waals surface area contributed by atoms with E-state index in [1.165, 1.54) is 32.0 Å². The van der Waals surface area contributed by atoms with Crippen LogP contribution in [-0.4, -0.2) is 53.4 Å². The Kier molecular flexibility index (Phi) is 16.1. The van der Waals surface area contributed by atoms with E-state index in [2.05, 4.69) is 91.9 Å². The van der Waals surface area contributed by atoms with E-state index < -0.39 is 12.1 Å². The molecule has 0 saturated heterocycles. The minimum atomic E-state index is -5.08. The van der Waals surface area contributed by atoms with Crippen molar-refractivity contribution in [1.29, 1.82) is 0 Å². The summed E-state index contributed by atoms with van der Waals surface area (Å²) in [7, 11) is 0. The summed E-state index contributed by atoms with van der Waals surface area (Å²) in [6, 6.07) is 38.1. The largest absolute Gasteiger partial charge is 0.490 e. The molecule has 7 rings (SSSR count). The van der Waals surface area contributed by atoms with E-state index >= 15 is 0 Å². The molecule has 0 aliphatic rings. The maximum absolute atomic E-state index is 10.6. The molecule has 0 atom stereocenters. The van der Waals surface area contributed by atoms with Crippen LogP contribution in [-0.2, 0) is 17.9 Å². The van der Waals surface area contributed by atoms with E-state index in [1.807, 2.05) is 72.3 Å². The molecule has 0 aliphatic carbocycles. The Morgan fingerprint density at radius 3 is 1.38 bits per heavy atom. The van der Waals surface area contributed by atoms with Crippen LogP contribution in [0.2, 0.25) is 10.0 Å². The maximum Gasteiger partial charge on any atom is 0.490 e. The molecule has 0 amide bonds. The fourth-order valence-corrected chi connectivity index (χ4v) is 7.78. The summed E-state index contributed by atoms with van der Waals surface area (Å²) < 4.78 is 31.7. The SMILES string of the molecule is Clc1ccc2c(NCCCCNCc3ccc(-c4ccc(-c5ccc(CNCCCCNc6ccnc7cc(Cl)ccc67)cc5)s4)cc3)ccnc2c1.O=C(O)C(F)(F)F. The van der Waals surface area contributed by atoms with Crippen LogP contribution in [0.4, 0.5) is 24.5 Å². The number of aliphatic carboxylic acids is 1. The number of anilines is 2. The Labute approximate surface area is 361 Å². The second-order valence-electron chi connectivity index (χ2n) is 14.0. The van der Waals surface area contributed by atoms with E-state index in [4.69, 9.17) is 33.1 Å². The summed E-state index contributed by atoms with van der Waals surface area (Å²) in [5, 5.41) is 25.1. The summed E-state index contributed by atoms with van der Waals surface area (Å²) in [6.07, 6.45) is 2.97. The first kappa shape index (κ1) is 44.3. The van der Waals surface area contributed by atoms with E-state index in [1.54, 1.807) is 0 Å². The highest BCUT2D eigenvalue weighted by Gasteiger charge is 2.38. The summed E-state index contributed by atoms with van der Waals surface area (Å²) in [5.74, 6) is -2.76. The van der Waals surface area contributed by atoms with Gasteiger partial charge in [-0.2, -0.15) is 13.2 Å². The number of carbonyl (C=O) groups is 1. The number of benzene rings is 4. The van der Waals surface area contributed by atoms with Gasteiger partial charge in [0.05, 0.1) is 11.0 Å². The zero-order valence-corrected chi connectivity index (χ0v) is 35.0. The van der Waals surface area contributed by atoms with Gasteiger partial charge in [-0.15, -0.1) is 11.3 Å². The second kappa shape index (κ2) is 21.8. The summed E-state index contributed by atoms with van der Waals surface area (Å²) >= 11 is 14.1. The number of unbranched alkanes of at least 4 members (excludes halogenated alkanes) is 2. The molecular formula is C46H45Cl2F3N6O2S. The molecule has 0 spiro atoms. The molecule has 0 radical (unpaired) electrons. The van der Waals surface area contributed by atoms with Gasteiger partial charge in [0.1, 0.15) is 0 Å². The Hall–Kier alpha value is -5.24. The lowest BCUT2D eigenvalue weighted by molar-refractivity contribution is -0.192. The van der Waals surface area contributed by atoms with Gasteiger partial charge in [0.2, 0.25) is 0 Å². The number of nitrogens with zero attached hydrogens (tertiary/aromatic N) is 2. The van der Waals surface area contributed by atoms with Crippen molar-refractivity contribution >= 4 is 73.7 Å². The zero-order valence-electron chi connectivity index (χ0n) is 32.7. The molecule has 0 aliphatic heterocycles. The molecule has 0 fully saturated rings. The molecule has 312 valence electrons. The number of halogens is 5. The Balaban J connectivity index is 0.000000793. The highest BCUT2D eigenvalue weighted by atomic mass is 35.5. The van der Waals surface area contributed by atoms with Crippen molar-refractivity contribution in [2.45, 2.75) is 44.9 Å². The molecule has 60 heavy (non-hydrogen) atoms. The first-order valence-corrected chi connectivity index (χ1v) is 21.2. The topological polar surface area (TPSA) is 111 Å². The number of carboxylic acids is 1. The monoisotopic (exact) mass is 872 g/mol. The predicted octanol–water partition coefficient (Wildman–Crippen LogP) is 12.1. The van der Waals surface area contributed by atoms with Crippen molar-refractivity contribution in [2.75, 3.05) is 36.8 Å². The standard InChI is InChI=1S/C44H44Cl2N6S.C2HF3O2/c45-35-13-15-37-39(19-25-51-41(37)27-35)49-23-3-1-21-47-29-31-5-9-33(10-6-31)43-17-18-44(53-43)34-11-7-32(8-12-34)30-48-22-2-4-24-50-40-20-26-52-42-28-36(46)14-16-38(40)42;3-2(4,5)1(6)7/h5-20,25-28,47-48H,1-4,21-24,29-30H2,(H,49,51)(H,50,52);(H,6,7). The van der Waals surface area contributed by atoms with Crippen LogP contribution < -0.4 is 21.3 Å². The molecule has 4 aromatic carbocycles. The number of fused-ring (bicyclic) bond motifs is 2. The molecule has 3 aromatic heterocycles. The van der Waals surface area contributed by atoms with E-state index in [0.29, 0.717) is 10.0 Å². The highest BCUT2D eigenvalue weighted by molar-refractivity contribution is 7.18. The maximum atomic E-state index is 10.6. The van der Waals surface area contributed by atoms with Crippen molar-refractivity contribution in [2.24, 2.45) is 0 Å². The molecular weight excluding hydrogens is 829 g/mol. The van der Waals surface area contributed by atoms with Crippen LogP contribution in [0.15, 0.2) is 122 Å². The van der Waals surface area contributed by atoms with Crippen LogP contribution in [0.1, 0.15) is 36.8 Å². The lowest BCUT2D eigenvalue weighted by atomic mass is 10.1. The van der Waals surface area contributed by atoms with Crippen LogP contribution in [0.3, 0.4) is 0 Å². The fraction of sp³-hybridized carbons (Fsp3) is 0.239. The normalized spacial score (nSPS) is 11.3. The first-order valence-electron chi connectivity index (χ1n) is 19.6. The van der Waals surface area contributed by atoms with Crippen molar-refractivity contribution in [3.8, 4) is 20.9 Å². The first-order chi connectivity index (χ1) is 29.0. The molecule has 5 N–H and O–H groups in total. The quantitative estimate of drug-likeness (QED) is 0.0542. The predicted molar refractivity (Wildman–Crippen MR) is 241 cm³/mol. The minimum absolute atomic E-state index is 0.709. The van der Waals surface area contributed by atoms with E-state index in [-0.39, 0.29) is 0 Å². The Morgan fingerprint density at radius 1 is 0.583 bits per heavy atom. The number of aromatic nitrogens is 2. The average molecular weight is 874 g/mol. The fourth-order valence-electron chi connectivity index (χ4n) is 6.43. The zero-order chi connectivity index (χ0) is 42.3. The van der Waals surface area contributed by atoms with Gasteiger partial charge in [0, 0.05) is 80.5 Å². The van der Waals surface area contributed by atoms with Crippen molar-refractivity contribution in [3.63, 3.8) is 0 Å². The summed E-state index contributed by atoms with van der Waals surface area (Å²) in [6.45, 7) is 5.56. The van der Waals surface area contributed by atoms with Crippen LogP contribution >= 0.6 is 34.5 Å². The van der Waals surface area contributed by atoms with Gasteiger partial charge in [-0.25, -0.2) is 4.79 Å². The number of thiophene rings is 1. The number of hydrogen-bond donors (Lipinski definition) is 5. The molecule has 0 saturated carbocycles. The van der Waals surface area contributed by atoms with Gasteiger partial charge >= 0.3 is 12.1 Å². The Bertz CT molecular complexity index is 2310. The average Bonchev–Trinajstić information content (AvgIpc) is 3.74. The van der Waals surface area contributed by atoms with Crippen molar-refractivity contribution in [3.05, 3.63) is 143 Å². The van der Waals surface area contributed by atoms with Gasteiger partial charge in [0.15, 0.2) is 0 Å². The van der Waals surface area contributed by atoms with Crippen LogP contribution in [0, 0.1) is 0 Å². The number of hydrogen-bond acceptors (Lipinski definition) is 8. The Morgan fingerprint density at radius 2 is 0.983 bits per heavy atom. The van der Waals surface area contributed by atoms with Crippen LogP contribution in [0.5, 0.6) is 0 Å². The molecule has 7 aromatic rings. The van der Waals surface area contributed by atoms with E-state index in [9.17, 15) is 13.2 Å². The minimum Gasteiger partial charge on any atom is -0.475 e. The number of alkyl halides is 3. The number of carboxylic acid groups (broad SMARTS) is 1. The molecule has 3 heterocycles. The highest BCUT2D eigenvalue weighted by Crippen LogP contribution is 2.35. The number of rotatable bonds is 18. The van der Waals surface area contributed by atoms with Crippen LogP contribution in [0.25, 0.3) is 42.7 Å². The molecule has 8 nitrogen and oxygen atoms in total. The lowest BCUT2D eigenvalue weighted by Crippen LogP contribution is -2.21. The molecule has 0 unspecified atom stereocenters. The lowest BCUT2D eigenvalue weighted by Gasteiger charge is -2.10. The van der Waals surface area contributed by atoms with Gasteiger partial charge in [-0.3, -0.25) is 9.97 Å². The van der Waals surface area contributed by atoms with Gasteiger partial charge in [-0.05, 0) is 122 Å². The van der Waals surface area contributed by atoms with E-state index in [0.717, 1.165) is 98.1 Å². The van der Waals surface area contributed by atoms with Gasteiger partial charge in [0.25, 0.3) is 0 Å². The third kappa shape index (κ3) is 13.1. The van der Waals surface area contributed by atoms with Gasteiger partial charge < -0.3 is 26.4 Å². The van der Waals surface area contributed by atoms with Crippen molar-refractivity contribution < 1.29 is 23.1 Å². The third-order valence-corrected chi connectivity index (χ3v) is 11.2. The third-order valence-electron chi connectivity index (χ3n) is 9.58. The number of nitrogens with one attached hydrogen (secondary N) is 4.